The Morgan fingerprint density at radius 3 is 2.27 bits per heavy atom. The molecule has 5 aromatic rings. The van der Waals surface area contributed by atoms with Gasteiger partial charge in [-0.25, -0.2) is 5.21 Å². The maximum atomic E-state index is 13.0. The summed E-state index contributed by atoms with van der Waals surface area (Å²) in [5, 5.41) is 33.7. The Morgan fingerprint density at radius 2 is 1.53 bits per heavy atom. The van der Waals surface area contributed by atoms with E-state index in [0.717, 1.165) is 61.7 Å². The van der Waals surface area contributed by atoms with Gasteiger partial charge in [0.05, 0.1) is 5.69 Å². The summed E-state index contributed by atoms with van der Waals surface area (Å²) in [6.07, 6.45) is 0. The number of quaternary nitrogens is 1. The smallest absolute Gasteiger partial charge is 0.261 e. The average Bonchev–Trinajstić information content (AvgIpc) is 3.14. The fraction of sp³-hybridized carbons (Fsp3) is 0.184. The molecule has 0 bridgehead atoms. The molecule has 1 aliphatic rings. The minimum absolute atomic E-state index is 0.162. The van der Waals surface area contributed by atoms with E-state index in [4.69, 9.17) is 0 Å². The highest BCUT2D eigenvalue weighted by Crippen LogP contribution is 2.28. The molecule has 0 aliphatic carbocycles. The lowest BCUT2D eigenvalue weighted by Gasteiger charge is -2.36. The zero-order valence-corrected chi connectivity index (χ0v) is 28.6. The van der Waals surface area contributed by atoms with Crippen LogP contribution in [0.15, 0.2) is 131 Å². The van der Waals surface area contributed by atoms with Crippen molar-refractivity contribution in [2.24, 2.45) is 0 Å². The zero-order chi connectivity index (χ0) is 34.0. The highest BCUT2D eigenvalue weighted by atomic mass is 32.2. The lowest BCUT2D eigenvalue weighted by Crippen LogP contribution is -2.99. The van der Waals surface area contributed by atoms with Crippen LogP contribution in [0.5, 0.6) is 5.75 Å². The molecule has 1 aliphatic heterocycles. The van der Waals surface area contributed by atoms with Crippen molar-refractivity contribution in [2.75, 3.05) is 48.7 Å². The van der Waals surface area contributed by atoms with Gasteiger partial charge in [0, 0.05) is 72.1 Å². The number of thioether (sulfide) groups is 1. The number of benzene rings is 5. The van der Waals surface area contributed by atoms with Crippen LogP contribution in [0.1, 0.15) is 15.9 Å². The highest BCUT2D eigenvalue weighted by Gasteiger charge is 2.19. The summed E-state index contributed by atoms with van der Waals surface area (Å²) in [4.78, 5) is 19.5. The Balaban J connectivity index is 0.975. The molecule has 0 spiro atoms. The molecule has 49 heavy (non-hydrogen) atoms. The predicted molar refractivity (Wildman–Crippen MR) is 199 cm³/mol. The van der Waals surface area contributed by atoms with Crippen molar-refractivity contribution >= 4 is 46.7 Å². The Hall–Kier alpha value is -4.49. The lowest BCUT2D eigenvalue weighted by molar-refractivity contribution is -0.990. The van der Waals surface area contributed by atoms with Crippen molar-refractivity contribution in [1.82, 2.24) is 9.62 Å². The van der Waals surface area contributed by atoms with E-state index in [9.17, 15) is 20.3 Å². The number of carbonyl (C=O) groups excluding carboxylic acids is 1. The molecule has 6 rings (SSSR count). The van der Waals surface area contributed by atoms with E-state index in [0.29, 0.717) is 22.7 Å². The first-order chi connectivity index (χ1) is 23.9. The quantitative estimate of drug-likeness (QED) is 0.0412. The van der Waals surface area contributed by atoms with Crippen molar-refractivity contribution in [3.05, 3.63) is 138 Å². The number of nitrogens with zero attached hydrogens (tertiary/aromatic N) is 2. The number of aromatic hydroxyl groups is 1. The number of amides is 1. The van der Waals surface area contributed by atoms with Crippen molar-refractivity contribution in [3.8, 4) is 16.9 Å². The van der Waals surface area contributed by atoms with E-state index < -0.39 is 5.23 Å². The average molecular weight is 694 g/mol. The number of carbonyl (C=O) groups is 1. The number of phenolic OH excluding ortho intramolecular Hbond substituents is 1. The molecule has 1 unspecified atom stereocenters. The summed E-state index contributed by atoms with van der Waals surface area (Å²) in [6.45, 7) is 5.06. The van der Waals surface area contributed by atoms with E-state index in [1.54, 1.807) is 42.1 Å². The second-order valence-electron chi connectivity index (χ2n) is 11.6. The number of hydrogen-bond donors (Lipinski definition) is 5. The Kier molecular flexibility index (Phi) is 11.8. The molecule has 5 N–H and O–H groups in total. The van der Waals surface area contributed by atoms with Crippen LogP contribution in [0, 0.1) is 5.21 Å². The van der Waals surface area contributed by atoms with Gasteiger partial charge in [0.15, 0.2) is 5.69 Å². The first-order valence-electron chi connectivity index (χ1n) is 16.1. The second kappa shape index (κ2) is 16.8. The van der Waals surface area contributed by atoms with Gasteiger partial charge < -0.3 is 20.5 Å². The third-order valence-corrected chi connectivity index (χ3v) is 10.2. The lowest BCUT2D eigenvalue weighted by atomic mass is 9.99. The predicted octanol–water partition coefficient (Wildman–Crippen LogP) is 6.43. The Morgan fingerprint density at radius 1 is 0.816 bits per heavy atom. The van der Waals surface area contributed by atoms with Gasteiger partial charge in [-0.05, 0) is 89.3 Å². The molecular weight excluding hydrogens is 655 g/mol. The number of phenols is 1. The molecule has 9 nitrogen and oxygen atoms in total. The minimum Gasteiger partial charge on any atom is -0.595 e. The topological polar surface area (TPSA) is 116 Å². The van der Waals surface area contributed by atoms with Gasteiger partial charge in [0.2, 0.25) is 0 Å². The van der Waals surface area contributed by atoms with Gasteiger partial charge in [-0.3, -0.25) is 14.4 Å². The molecule has 0 saturated carbocycles. The standard InChI is InChI=1S/C38H39N5O4S2/c44-32-16-12-28(13-17-32)35-9-5-4-6-30(35)27-41-21-23-42(24-22-41)31-14-10-29(11-15-31)38(45)40-49-34-18-19-36(37(26-34)43(46)47)39-20-25-48-33-7-2-1-3-8-33/h1-19,26,39,43-44,46H,20-25,27H2,(H,40,45). The number of anilines is 2. The molecule has 1 heterocycles. The van der Waals surface area contributed by atoms with Gasteiger partial charge in [-0.2, -0.15) is 5.23 Å². The molecule has 1 amide bonds. The summed E-state index contributed by atoms with van der Waals surface area (Å²) in [5.41, 5.74) is 5.85. The van der Waals surface area contributed by atoms with Crippen LogP contribution in [0.4, 0.5) is 17.1 Å². The minimum atomic E-state index is -1.03. The maximum Gasteiger partial charge on any atom is 0.261 e. The molecule has 5 aromatic carbocycles. The van der Waals surface area contributed by atoms with E-state index in [1.165, 1.54) is 16.0 Å². The Labute approximate surface area is 295 Å². The first kappa shape index (κ1) is 34.4. The van der Waals surface area contributed by atoms with E-state index in [2.05, 4.69) is 38.0 Å². The monoisotopic (exact) mass is 693 g/mol. The fourth-order valence-corrected chi connectivity index (χ4v) is 7.19. The van der Waals surface area contributed by atoms with Gasteiger partial charge in [0.25, 0.3) is 5.91 Å². The van der Waals surface area contributed by atoms with Gasteiger partial charge in [0.1, 0.15) is 5.75 Å². The zero-order valence-electron chi connectivity index (χ0n) is 26.9. The maximum absolute atomic E-state index is 13.0. The van der Waals surface area contributed by atoms with Crippen LogP contribution in [-0.2, 0) is 6.54 Å². The summed E-state index contributed by atoms with van der Waals surface area (Å²) >= 11 is 2.80. The molecule has 1 atom stereocenters. The van der Waals surface area contributed by atoms with Crippen molar-refractivity contribution in [3.63, 3.8) is 0 Å². The van der Waals surface area contributed by atoms with E-state index >= 15 is 0 Å². The number of rotatable bonds is 13. The summed E-state index contributed by atoms with van der Waals surface area (Å²) < 4.78 is 2.85. The van der Waals surface area contributed by atoms with Crippen molar-refractivity contribution in [2.45, 2.75) is 16.3 Å². The largest absolute Gasteiger partial charge is 0.595 e. The summed E-state index contributed by atoms with van der Waals surface area (Å²) in [7, 11) is 0. The number of piperazine rings is 1. The highest BCUT2D eigenvalue weighted by molar-refractivity contribution is 7.99. The normalized spacial score (nSPS) is 14.0. The SMILES string of the molecule is O=C(NSc1ccc(NCCSc2ccccc2)c([NH+]([O-])O)c1)c1ccc(N2CCN(Cc3ccccc3-c3ccc(O)cc3)CC2)cc1. The number of nitrogens with one attached hydrogen (secondary N) is 3. The number of hydrogen-bond acceptors (Lipinski definition) is 9. The van der Waals surface area contributed by atoms with Crippen LogP contribution in [0.3, 0.4) is 0 Å². The van der Waals surface area contributed by atoms with E-state index in [-0.39, 0.29) is 17.3 Å². The van der Waals surface area contributed by atoms with Crippen LogP contribution >= 0.6 is 23.7 Å². The van der Waals surface area contributed by atoms with Gasteiger partial charge in [-0.1, -0.05) is 54.6 Å². The summed E-state index contributed by atoms with van der Waals surface area (Å²) in [5.74, 6) is 0.814. The molecule has 1 fully saturated rings. The van der Waals surface area contributed by atoms with Crippen LogP contribution in [-0.4, -0.2) is 59.6 Å². The third-order valence-electron chi connectivity index (χ3n) is 8.37. The van der Waals surface area contributed by atoms with Crippen LogP contribution in [0.25, 0.3) is 11.1 Å². The molecule has 0 radical (unpaired) electrons. The van der Waals surface area contributed by atoms with Crippen molar-refractivity contribution in [1.29, 1.82) is 0 Å². The molecule has 11 heteroatoms. The molecule has 252 valence electrons. The Bertz CT molecular complexity index is 1820. The van der Waals surface area contributed by atoms with Gasteiger partial charge >= 0.3 is 0 Å². The second-order valence-corrected chi connectivity index (χ2v) is 13.7. The van der Waals surface area contributed by atoms with Crippen LogP contribution in [0.2, 0.25) is 0 Å². The van der Waals surface area contributed by atoms with E-state index in [1.807, 2.05) is 72.8 Å². The fourth-order valence-electron chi connectivity index (χ4n) is 5.76. The van der Waals surface area contributed by atoms with Crippen LogP contribution < -0.4 is 20.2 Å². The third kappa shape index (κ3) is 9.36. The first-order valence-corrected chi connectivity index (χ1v) is 17.9. The molecule has 0 aromatic heterocycles. The van der Waals surface area contributed by atoms with Gasteiger partial charge in [-0.15, -0.1) is 11.8 Å². The van der Waals surface area contributed by atoms with Crippen molar-refractivity contribution < 1.29 is 20.3 Å². The summed E-state index contributed by atoms with van der Waals surface area (Å²) in [6, 6.07) is 38.6. The molecule has 1 saturated heterocycles. The molecular formula is C38H39N5O4S2.